The number of aryl methyl sites for hydroxylation is 1. The smallest absolute Gasteiger partial charge is 0.261 e. The molecule has 0 aromatic heterocycles. The fourth-order valence-electron chi connectivity index (χ4n) is 3.85. The van der Waals surface area contributed by atoms with Crippen LogP contribution in [0, 0.1) is 0 Å². The molecule has 0 aliphatic carbocycles. The highest BCUT2D eigenvalue weighted by atomic mass is 79.9. The Hall–Kier alpha value is -2.83. The lowest BCUT2D eigenvalue weighted by molar-refractivity contribution is -0.143. The lowest BCUT2D eigenvalue weighted by Gasteiger charge is -2.32. The second-order valence-corrected chi connectivity index (χ2v) is 10.2. The van der Waals surface area contributed by atoms with Crippen molar-refractivity contribution >= 4 is 39.3 Å². The number of ether oxygens (including phenoxy) is 1. The van der Waals surface area contributed by atoms with E-state index in [1.165, 1.54) is 0 Å². The summed E-state index contributed by atoms with van der Waals surface area (Å²) in [6.07, 6.45) is 1.26. The maximum Gasteiger partial charge on any atom is 0.261 e. The van der Waals surface area contributed by atoms with Gasteiger partial charge >= 0.3 is 0 Å². The standard InChI is InChI=1S/C29H32BrClN2O3/c1-4-21-14-15-27(24(30)16-21)36-19-28(34)33(18-23-12-8-9-13-25(23)31)26(29(35)32-20(2)3)17-22-10-6-5-7-11-22/h5-16,20,26H,4,17-19H2,1-3H3,(H,32,35)/t26-/m0/s1. The minimum absolute atomic E-state index is 0.0719. The lowest BCUT2D eigenvalue weighted by atomic mass is 10.0. The van der Waals surface area contributed by atoms with Crippen molar-refractivity contribution in [2.75, 3.05) is 6.61 Å². The van der Waals surface area contributed by atoms with Gasteiger partial charge in [-0.15, -0.1) is 0 Å². The van der Waals surface area contributed by atoms with Crippen molar-refractivity contribution in [1.29, 1.82) is 0 Å². The first-order valence-corrected chi connectivity index (χ1v) is 13.2. The molecule has 3 rings (SSSR count). The molecule has 0 fully saturated rings. The summed E-state index contributed by atoms with van der Waals surface area (Å²) in [5, 5.41) is 3.52. The van der Waals surface area contributed by atoms with E-state index < -0.39 is 6.04 Å². The molecule has 0 spiro atoms. The van der Waals surface area contributed by atoms with E-state index in [1.807, 2.05) is 80.6 Å². The zero-order chi connectivity index (χ0) is 26.1. The molecule has 0 aliphatic rings. The third-order valence-corrected chi connectivity index (χ3v) is 6.74. The zero-order valence-corrected chi connectivity index (χ0v) is 23.2. The quantitative estimate of drug-likeness (QED) is 0.298. The number of amides is 2. The van der Waals surface area contributed by atoms with Crippen LogP contribution in [0.1, 0.15) is 37.5 Å². The minimum Gasteiger partial charge on any atom is -0.483 e. The van der Waals surface area contributed by atoms with E-state index in [4.69, 9.17) is 16.3 Å². The Bertz CT molecular complexity index is 1170. The van der Waals surface area contributed by atoms with E-state index in [1.54, 1.807) is 11.0 Å². The molecule has 0 heterocycles. The number of nitrogens with zero attached hydrogens (tertiary/aromatic N) is 1. The Morgan fingerprint density at radius 3 is 2.33 bits per heavy atom. The molecule has 3 aromatic carbocycles. The molecule has 36 heavy (non-hydrogen) atoms. The van der Waals surface area contributed by atoms with Crippen molar-refractivity contribution in [2.24, 2.45) is 0 Å². The van der Waals surface area contributed by atoms with Crippen molar-refractivity contribution in [3.63, 3.8) is 0 Å². The Morgan fingerprint density at radius 2 is 1.69 bits per heavy atom. The molecule has 1 N–H and O–H groups in total. The fourth-order valence-corrected chi connectivity index (χ4v) is 4.58. The highest BCUT2D eigenvalue weighted by Crippen LogP contribution is 2.27. The maximum absolute atomic E-state index is 13.7. The van der Waals surface area contributed by atoms with Crippen LogP contribution in [0.25, 0.3) is 0 Å². The summed E-state index contributed by atoms with van der Waals surface area (Å²) in [4.78, 5) is 28.6. The van der Waals surface area contributed by atoms with Crippen LogP contribution in [-0.4, -0.2) is 35.4 Å². The third-order valence-electron chi connectivity index (χ3n) is 5.76. The van der Waals surface area contributed by atoms with Crippen LogP contribution >= 0.6 is 27.5 Å². The number of hydrogen-bond donors (Lipinski definition) is 1. The van der Waals surface area contributed by atoms with Gasteiger partial charge in [0.15, 0.2) is 6.61 Å². The summed E-state index contributed by atoms with van der Waals surface area (Å²) in [5.74, 6) is 0.0495. The molecule has 7 heteroatoms. The first-order chi connectivity index (χ1) is 17.3. The second kappa shape index (κ2) is 13.5. The molecule has 0 saturated heterocycles. The average Bonchev–Trinajstić information content (AvgIpc) is 2.86. The van der Waals surface area contributed by atoms with Crippen LogP contribution in [0.2, 0.25) is 5.02 Å². The molecular formula is C29H32BrClN2O3. The van der Waals surface area contributed by atoms with Crippen molar-refractivity contribution in [3.05, 3.63) is 99.0 Å². The van der Waals surface area contributed by atoms with Crippen molar-refractivity contribution in [2.45, 2.75) is 52.2 Å². The van der Waals surface area contributed by atoms with Gasteiger partial charge in [0.1, 0.15) is 11.8 Å². The molecule has 0 aliphatic heterocycles. The van der Waals surface area contributed by atoms with Crippen LogP contribution in [0.15, 0.2) is 77.3 Å². The third kappa shape index (κ3) is 7.84. The molecule has 5 nitrogen and oxygen atoms in total. The molecule has 1 atom stereocenters. The van der Waals surface area contributed by atoms with E-state index in [2.05, 4.69) is 28.2 Å². The van der Waals surface area contributed by atoms with Crippen molar-refractivity contribution in [1.82, 2.24) is 10.2 Å². The molecule has 3 aromatic rings. The number of carbonyl (C=O) groups excluding carboxylic acids is 2. The fraction of sp³-hybridized carbons (Fsp3) is 0.310. The molecule has 0 unspecified atom stereocenters. The Morgan fingerprint density at radius 1 is 1.00 bits per heavy atom. The summed E-state index contributed by atoms with van der Waals surface area (Å²) >= 11 is 9.98. The zero-order valence-electron chi connectivity index (χ0n) is 20.8. The number of carbonyl (C=O) groups is 2. The molecule has 190 valence electrons. The van der Waals surface area contributed by atoms with Gasteiger partial charge < -0.3 is 15.0 Å². The SMILES string of the molecule is CCc1ccc(OCC(=O)N(Cc2ccccc2Cl)[C@@H](Cc2ccccc2)C(=O)NC(C)C)c(Br)c1. The van der Waals surface area contributed by atoms with Crippen LogP contribution in [0.3, 0.4) is 0 Å². The van der Waals surface area contributed by atoms with Gasteiger partial charge in [0.05, 0.1) is 4.47 Å². The number of hydrogen-bond acceptors (Lipinski definition) is 3. The van der Waals surface area contributed by atoms with E-state index >= 15 is 0 Å². The molecule has 0 bridgehead atoms. The Kier molecular flexibility index (Phi) is 10.4. The van der Waals surface area contributed by atoms with E-state index in [-0.39, 0.29) is 31.0 Å². The van der Waals surface area contributed by atoms with Gasteiger partial charge in [-0.25, -0.2) is 0 Å². The second-order valence-electron chi connectivity index (χ2n) is 8.89. The molecule has 0 radical (unpaired) electrons. The monoisotopic (exact) mass is 570 g/mol. The summed E-state index contributed by atoms with van der Waals surface area (Å²) in [5.41, 5.74) is 2.88. The summed E-state index contributed by atoms with van der Waals surface area (Å²) in [6.45, 7) is 5.85. The van der Waals surface area contributed by atoms with Gasteiger partial charge in [0, 0.05) is 24.0 Å². The normalized spacial score (nSPS) is 11.7. The molecular weight excluding hydrogens is 540 g/mol. The van der Waals surface area contributed by atoms with Crippen LogP contribution in [0.5, 0.6) is 5.75 Å². The number of halogens is 2. The van der Waals surface area contributed by atoms with Crippen molar-refractivity contribution in [3.8, 4) is 5.75 Å². The molecule has 2 amide bonds. The van der Waals surface area contributed by atoms with E-state index in [0.717, 1.165) is 27.6 Å². The Balaban J connectivity index is 1.92. The minimum atomic E-state index is -0.743. The van der Waals surface area contributed by atoms with Crippen LogP contribution < -0.4 is 10.1 Å². The van der Waals surface area contributed by atoms with Gasteiger partial charge in [-0.05, 0) is 71.1 Å². The van der Waals surface area contributed by atoms with Gasteiger partial charge in [0.2, 0.25) is 5.91 Å². The topological polar surface area (TPSA) is 58.6 Å². The van der Waals surface area contributed by atoms with Crippen molar-refractivity contribution < 1.29 is 14.3 Å². The molecule has 0 saturated carbocycles. The van der Waals surface area contributed by atoms with Gasteiger partial charge in [-0.2, -0.15) is 0 Å². The maximum atomic E-state index is 13.7. The highest BCUT2D eigenvalue weighted by Gasteiger charge is 2.31. The number of nitrogens with one attached hydrogen (secondary N) is 1. The summed E-state index contributed by atoms with van der Waals surface area (Å²) < 4.78 is 6.69. The summed E-state index contributed by atoms with van der Waals surface area (Å²) in [6, 6.07) is 22.0. The first kappa shape index (κ1) is 27.8. The van der Waals surface area contributed by atoms with E-state index in [9.17, 15) is 9.59 Å². The summed E-state index contributed by atoms with van der Waals surface area (Å²) in [7, 11) is 0. The number of rotatable bonds is 11. The van der Waals surface area contributed by atoms with Crippen LogP contribution in [-0.2, 0) is 29.0 Å². The highest BCUT2D eigenvalue weighted by molar-refractivity contribution is 9.10. The first-order valence-electron chi connectivity index (χ1n) is 12.1. The van der Waals surface area contributed by atoms with E-state index in [0.29, 0.717) is 17.2 Å². The Labute approximate surface area is 226 Å². The predicted molar refractivity (Wildman–Crippen MR) is 148 cm³/mol. The largest absolute Gasteiger partial charge is 0.483 e. The lowest BCUT2D eigenvalue weighted by Crippen LogP contribution is -2.52. The predicted octanol–water partition coefficient (Wildman–Crippen LogP) is 6.21. The number of benzene rings is 3. The van der Waals surface area contributed by atoms with Gasteiger partial charge in [0.25, 0.3) is 5.91 Å². The van der Waals surface area contributed by atoms with Gasteiger partial charge in [-0.3, -0.25) is 9.59 Å². The van der Waals surface area contributed by atoms with Crippen LogP contribution in [0.4, 0.5) is 0 Å². The van der Waals surface area contributed by atoms with Gasteiger partial charge in [-0.1, -0.05) is 73.1 Å². The average molecular weight is 572 g/mol.